The van der Waals surface area contributed by atoms with Gasteiger partial charge in [0.15, 0.2) is 11.5 Å². The molecule has 5 heteroatoms. The maximum absolute atomic E-state index is 5.53. The number of benzene rings is 1. The summed E-state index contributed by atoms with van der Waals surface area (Å²) < 4.78 is 1.92. The summed E-state index contributed by atoms with van der Waals surface area (Å²) in [7, 11) is 0. The molecule has 18 heavy (non-hydrogen) atoms. The topological polar surface area (TPSA) is 69.1 Å². The Hall–Kier alpha value is -2.27. The lowest BCUT2D eigenvalue weighted by Gasteiger charge is -2.02. The highest BCUT2D eigenvalue weighted by Gasteiger charge is 2.07. The average molecular weight is 239 g/mol. The van der Waals surface area contributed by atoms with Crippen molar-refractivity contribution in [3.63, 3.8) is 0 Å². The van der Waals surface area contributed by atoms with Crippen molar-refractivity contribution in [2.75, 3.05) is 6.54 Å². The number of hydrogen-bond acceptors (Lipinski definition) is 4. The molecule has 0 saturated heterocycles. The van der Waals surface area contributed by atoms with Crippen molar-refractivity contribution in [1.82, 2.24) is 19.6 Å². The van der Waals surface area contributed by atoms with Gasteiger partial charge in [-0.25, -0.2) is 0 Å². The summed E-state index contributed by atoms with van der Waals surface area (Å²) in [6.07, 6.45) is 6.17. The van der Waals surface area contributed by atoms with Crippen LogP contribution in [0.3, 0.4) is 0 Å². The van der Waals surface area contributed by atoms with E-state index >= 15 is 0 Å². The Morgan fingerprint density at radius 2 is 1.94 bits per heavy atom. The Bertz CT molecular complexity index is 656. The Morgan fingerprint density at radius 1 is 1.11 bits per heavy atom. The number of nitrogens with zero attached hydrogens (tertiary/aromatic N) is 4. The maximum atomic E-state index is 5.53. The minimum Gasteiger partial charge on any atom is -0.330 e. The van der Waals surface area contributed by atoms with E-state index in [1.807, 2.05) is 22.7 Å². The molecular weight excluding hydrogens is 226 g/mol. The highest BCUT2D eigenvalue weighted by atomic mass is 15.2. The van der Waals surface area contributed by atoms with E-state index in [2.05, 4.69) is 27.3 Å². The van der Waals surface area contributed by atoms with Gasteiger partial charge in [-0.1, -0.05) is 24.3 Å². The standard InChI is InChI=1S/C13H13N5/c14-6-5-10-1-3-11(4-2-10)13-17-16-12-9-15-7-8-18(12)13/h1-4,7-9H,5-6,14H2. The predicted octanol–water partition coefficient (Wildman–Crippen LogP) is 1.29. The predicted molar refractivity (Wildman–Crippen MR) is 69.0 cm³/mol. The van der Waals surface area contributed by atoms with Crippen molar-refractivity contribution in [3.05, 3.63) is 48.4 Å². The van der Waals surface area contributed by atoms with Crippen molar-refractivity contribution in [3.8, 4) is 11.4 Å². The van der Waals surface area contributed by atoms with Crippen molar-refractivity contribution in [1.29, 1.82) is 0 Å². The van der Waals surface area contributed by atoms with Crippen LogP contribution in [-0.4, -0.2) is 26.1 Å². The fraction of sp³-hybridized carbons (Fsp3) is 0.154. The fourth-order valence-corrected chi connectivity index (χ4v) is 1.94. The second-order valence-electron chi connectivity index (χ2n) is 4.06. The van der Waals surface area contributed by atoms with Gasteiger partial charge in [-0.05, 0) is 18.5 Å². The van der Waals surface area contributed by atoms with Crippen molar-refractivity contribution in [2.24, 2.45) is 5.73 Å². The van der Waals surface area contributed by atoms with E-state index in [1.54, 1.807) is 12.4 Å². The molecule has 5 nitrogen and oxygen atoms in total. The molecule has 0 bridgehead atoms. The zero-order chi connectivity index (χ0) is 12.4. The molecule has 0 radical (unpaired) electrons. The summed E-state index contributed by atoms with van der Waals surface area (Å²) in [6, 6.07) is 8.23. The van der Waals surface area contributed by atoms with E-state index in [0.29, 0.717) is 6.54 Å². The van der Waals surface area contributed by atoms with Crippen LogP contribution in [0.5, 0.6) is 0 Å². The van der Waals surface area contributed by atoms with Gasteiger partial charge in [0.1, 0.15) is 0 Å². The number of fused-ring (bicyclic) bond motifs is 1. The van der Waals surface area contributed by atoms with Gasteiger partial charge < -0.3 is 5.73 Å². The van der Waals surface area contributed by atoms with E-state index in [0.717, 1.165) is 23.5 Å². The Balaban J connectivity index is 2.03. The molecule has 0 spiro atoms. The van der Waals surface area contributed by atoms with Gasteiger partial charge in [0.2, 0.25) is 0 Å². The summed E-state index contributed by atoms with van der Waals surface area (Å²) >= 11 is 0. The molecule has 0 amide bonds. The van der Waals surface area contributed by atoms with E-state index in [1.165, 1.54) is 5.56 Å². The fourth-order valence-electron chi connectivity index (χ4n) is 1.94. The minimum absolute atomic E-state index is 0.666. The zero-order valence-corrected chi connectivity index (χ0v) is 9.82. The quantitative estimate of drug-likeness (QED) is 0.747. The first-order chi connectivity index (χ1) is 8.88. The van der Waals surface area contributed by atoms with E-state index in [9.17, 15) is 0 Å². The third kappa shape index (κ3) is 1.84. The number of nitrogens with two attached hydrogens (primary N) is 1. The van der Waals surface area contributed by atoms with Crippen molar-refractivity contribution in [2.45, 2.75) is 6.42 Å². The lowest BCUT2D eigenvalue weighted by molar-refractivity contribution is 0.968. The molecular formula is C13H13N5. The molecule has 2 heterocycles. The van der Waals surface area contributed by atoms with Crippen molar-refractivity contribution >= 4 is 5.65 Å². The monoisotopic (exact) mass is 239 g/mol. The molecule has 2 N–H and O–H groups in total. The van der Waals surface area contributed by atoms with Gasteiger partial charge in [0.05, 0.1) is 6.20 Å². The van der Waals surface area contributed by atoms with E-state index in [4.69, 9.17) is 5.73 Å². The molecule has 0 aliphatic rings. The van der Waals surface area contributed by atoms with Gasteiger partial charge in [-0.3, -0.25) is 9.38 Å². The summed E-state index contributed by atoms with van der Waals surface area (Å²) in [5.74, 6) is 0.826. The maximum Gasteiger partial charge on any atom is 0.179 e. The Morgan fingerprint density at radius 3 is 2.72 bits per heavy atom. The molecule has 0 unspecified atom stereocenters. The van der Waals surface area contributed by atoms with Crippen LogP contribution in [0.25, 0.3) is 17.0 Å². The van der Waals surface area contributed by atoms with Gasteiger partial charge in [0.25, 0.3) is 0 Å². The van der Waals surface area contributed by atoms with E-state index in [-0.39, 0.29) is 0 Å². The van der Waals surface area contributed by atoms with Crippen molar-refractivity contribution < 1.29 is 0 Å². The van der Waals surface area contributed by atoms with Crippen LogP contribution in [0.15, 0.2) is 42.9 Å². The van der Waals surface area contributed by atoms with Crippen LogP contribution in [0.1, 0.15) is 5.56 Å². The summed E-state index contributed by atoms with van der Waals surface area (Å²) in [5.41, 5.74) is 8.55. The van der Waals surface area contributed by atoms with Crippen LogP contribution in [-0.2, 0) is 6.42 Å². The second-order valence-corrected chi connectivity index (χ2v) is 4.06. The average Bonchev–Trinajstić information content (AvgIpc) is 2.84. The second kappa shape index (κ2) is 4.54. The van der Waals surface area contributed by atoms with Gasteiger partial charge in [0, 0.05) is 18.0 Å². The normalized spacial score (nSPS) is 10.9. The first-order valence-electron chi connectivity index (χ1n) is 5.82. The van der Waals surface area contributed by atoms with Crippen LogP contribution in [0.2, 0.25) is 0 Å². The first-order valence-corrected chi connectivity index (χ1v) is 5.82. The largest absolute Gasteiger partial charge is 0.330 e. The lowest BCUT2D eigenvalue weighted by atomic mass is 10.1. The highest BCUT2D eigenvalue weighted by molar-refractivity contribution is 5.59. The van der Waals surface area contributed by atoms with Gasteiger partial charge >= 0.3 is 0 Å². The molecule has 3 aromatic rings. The first kappa shape index (κ1) is 10.9. The lowest BCUT2D eigenvalue weighted by Crippen LogP contribution is -2.02. The molecule has 3 rings (SSSR count). The van der Waals surface area contributed by atoms with Crippen LogP contribution in [0, 0.1) is 0 Å². The molecule has 0 aliphatic heterocycles. The molecule has 2 aromatic heterocycles. The SMILES string of the molecule is NCCc1ccc(-c2nnc3cnccn23)cc1. The molecule has 0 atom stereocenters. The Labute approximate surface area is 104 Å². The minimum atomic E-state index is 0.666. The molecule has 90 valence electrons. The summed E-state index contributed by atoms with van der Waals surface area (Å²) in [6.45, 7) is 0.666. The summed E-state index contributed by atoms with van der Waals surface area (Å²) in [4.78, 5) is 4.02. The van der Waals surface area contributed by atoms with Crippen LogP contribution < -0.4 is 5.73 Å². The number of hydrogen-bond donors (Lipinski definition) is 1. The molecule has 0 fully saturated rings. The third-order valence-corrected chi connectivity index (χ3v) is 2.86. The van der Waals surface area contributed by atoms with Gasteiger partial charge in [-0.15, -0.1) is 10.2 Å². The Kier molecular flexibility index (Phi) is 2.74. The third-order valence-electron chi connectivity index (χ3n) is 2.86. The molecule has 0 aliphatic carbocycles. The van der Waals surface area contributed by atoms with Crippen LogP contribution in [0.4, 0.5) is 0 Å². The smallest absolute Gasteiger partial charge is 0.179 e. The molecule has 0 saturated carbocycles. The zero-order valence-electron chi connectivity index (χ0n) is 9.82. The number of rotatable bonds is 3. The van der Waals surface area contributed by atoms with E-state index < -0.39 is 0 Å². The summed E-state index contributed by atoms with van der Waals surface area (Å²) in [5, 5.41) is 8.27. The van der Waals surface area contributed by atoms with Crippen LogP contribution >= 0.6 is 0 Å². The number of aromatic nitrogens is 4. The van der Waals surface area contributed by atoms with Gasteiger partial charge in [-0.2, -0.15) is 0 Å². The highest BCUT2D eigenvalue weighted by Crippen LogP contribution is 2.18. The molecule has 1 aromatic carbocycles.